The monoisotopic (exact) mass is 484 g/mol. The van der Waals surface area contributed by atoms with Gasteiger partial charge in [-0.25, -0.2) is 17.7 Å². The highest BCUT2D eigenvalue weighted by atomic mass is 32.2. The molecule has 0 saturated carbocycles. The second-order valence-corrected chi connectivity index (χ2v) is 9.55. The summed E-state index contributed by atoms with van der Waals surface area (Å²) in [5.74, 6) is -0.967. The van der Waals surface area contributed by atoms with Crippen LogP contribution in [0.2, 0.25) is 0 Å². The minimum atomic E-state index is -4.78. The molecule has 0 bridgehead atoms. The number of sulfonamides is 1. The molecule has 0 radical (unpaired) electrons. The van der Waals surface area contributed by atoms with Gasteiger partial charge < -0.3 is 14.6 Å². The standard InChI is InChI=1S/C21H23F3N4O4S/c1-27(2)33(30,31)16-8-9-18-17(12-16)26-20(21(22,23)24)28(18)11-10-19(29)25-13-14-4-6-15(32-3)7-5-14/h4-9,12H,10-11,13H2,1-3H3,(H,25,29). The molecular weight excluding hydrogens is 461 g/mol. The third-order valence-corrected chi connectivity index (χ3v) is 6.77. The lowest BCUT2D eigenvalue weighted by atomic mass is 10.2. The van der Waals surface area contributed by atoms with Crippen molar-refractivity contribution in [3.05, 3.63) is 53.9 Å². The van der Waals surface area contributed by atoms with Crippen molar-refractivity contribution in [1.82, 2.24) is 19.2 Å². The van der Waals surface area contributed by atoms with E-state index in [0.29, 0.717) is 5.75 Å². The predicted molar refractivity (Wildman–Crippen MR) is 115 cm³/mol. The summed E-state index contributed by atoms with van der Waals surface area (Å²) in [4.78, 5) is 15.7. The fourth-order valence-electron chi connectivity index (χ4n) is 3.17. The molecule has 1 heterocycles. The number of carbonyl (C=O) groups excluding carboxylic acids is 1. The topological polar surface area (TPSA) is 93.5 Å². The molecule has 0 aliphatic heterocycles. The summed E-state index contributed by atoms with van der Waals surface area (Å²) in [6, 6.07) is 10.6. The second-order valence-electron chi connectivity index (χ2n) is 7.40. The third-order valence-electron chi connectivity index (χ3n) is 4.96. The van der Waals surface area contributed by atoms with Crippen molar-refractivity contribution in [3.8, 4) is 5.75 Å². The summed E-state index contributed by atoms with van der Waals surface area (Å²) in [7, 11) is 0.341. The van der Waals surface area contributed by atoms with E-state index in [9.17, 15) is 26.4 Å². The van der Waals surface area contributed by atoms with Crippen LogP contribution in [0.15, 0.2) is 47.4 Å². The number of aryl methyl sites for hydroxylation is 1. The molecule has 1 N–H and O–H groups in total. The van der Waals surface area contributed by atoms with Crippen LogP contribution in [-0.2, 0) is 34.1 Å². The number of nitrogens with one attached hydrogen (secondary N) is 1. The Morgan fingerprint density at radius 2 is 1.82 bits per heavy atom. The minimum Gasteiger partial charge on any atom is -0.497 e. The number of halogens is 3. The number of fused-ring (bicyclic) bond motifs is 1. The zero-order chi connectivity index (χ0) is 24.4. The Morgan fingerprint density at radius 3 is 2.39 bits per heavy atom. The number of carbonyl (C=O) groups is 1. The van der Waals surface area contributed by atoms with Gasteiger partial charge in [0.1, 0.15) is 5.75 Å². The molecule has 12 heteroatoms. The van der Waals surface area contributed by atoms with Crippen LogP contribution in [0.5, 0.6) is 5.75 Å². The summed E-state index contributed by atoms with van der Waals surface area (Å²) >= 11 is 0. The zero-order valence-electron chi connectivity index (χ0n) is 18.2. The van der Waals surface area contributed by atoms with Gasteiger partial charge in [0.15, 0.2) is 0 Å². The van der Waals surface area contributed by atoms with E-state index in [-0.39, 0.29) is 35.4 Å². The van der Waals surface area contributed by atoms with Crippen LogP contribution in [0.3, 0.4) is 0 Å². The highest BCUT2D eigenvalue weighted by molar-refractivity contribution is 7.89. The quantitative estimate of drug-likeness (QED) is 0.531. The SMILES string of the molecule is COc1ccc(CNC(=O)CCn2c(C(F)(F)F)nc3cc(S(=O)(=O)N(C)C)ccc32)cc1. The first kappa shape index (κ1) is 24.5. The zero-order valence-corrected chi connectivity index (χ0v) is 19.0. The van der Waals surface area contributed by atoms with Crippen molar-refractivity contribution in [2.45, 2.75) is 30.6 Å². The van der Waals surface area contributed by atoms with Gasteiger partial charge in [-0.05, 0) is 35.9 Å². The van der Waals surface area contributed by atoms with Crippen LogP contribution < -0.4 is 10.1 Å². The van der Waals surface area contributed by atoms with Gasteiger partial charge in [-0.1, -0.05) is 12.1 Å². The number of amides is 1. The molecule has 3 aromatic rings. The van der Waals surface area contributed by atoms with Gasteiger partial charge >= 0.3 is 6.18 Å². The number of hydrogen-bond donors (Lipinski definition) is 1. The Kier molecular flexibility index (Phi) is 6.98. The number of imidazole rings is 1. The van der Waals surface area contributed by atoms with Gasteiger partial charge in [-0.15, -0.1) is 0 Å². The maximum Gasteiger partial charge on any atom is 0.449 e. The van der Waals surface area contributed by atoms with Crippen molar-refractivity contribution in [3.63, 3.8) is 0 Å². The molecular formula is C21H23F3N4O4S. The van der Waals surface area contributed by atoms with Gasteiger partial charge in [0, 0.05) is 33.6 Å². The summed E-state index contributed by atoms with van der Waals surface area (Å²) < 4.78 is 72.3. The van der Waals surface area contributed by atoms with Crippen LogP contribution in [0, 0.1) is 0 Å². The Hall–Kier alpha value is -3.12. The highest BCUT2D eigenvalue weighted by Crippen LogP contribution is 2.32. The molecule has 3 rings (SSSR count). The molecule has 0 fully saturated rings. The third kappa shape index (κ3) is 5.45. The lowest BCUT2D eigenvalue weighted by Crippen LogP contribution is -2.25. The van der Waals surface area contributed by atoms with E-state index in [0.717, 1.165) is 20.5 Å². The molecule has 178 valence electrons. The maximum absolute atomic E-state index is 13.6. The van der Waals surface area contributed by atoms with Gasteiger partial charge in [0.05, 0.1) is 23.0 Å². The smallest absolute Gasteiger partial charge is 0.449 e. The Bertz CT molecular complexity index is 1250. The Morgan fingerprint density at radius 1 is 1.15 bits per heavy atom. The van der Waals surface area contributed by atoms with E-state index in [1.807, 2.05) is 0 Å². The summed E-state index contributed by atoms with van der Waals surface area (Å²) in [6.07, 6.45) is -5.00. The van der Waals surface area contributed by atoms with Crippen molar-refractivity contribution >= 4 is 27.0 Å². The normalized spacial score (nSPS) is 12.3. The summed E-state index contributed by atoms with van der Waals surface area (Å²) in [6.45, 7) is -0.0645. The fraction of sp³-hybridized carbons (Fsp3) is 0.333. The number of ether oxygens (including phenoxy) is 1. The van der Waals surface area contributed by atoms with E-state index in [1.54, 1.807) is 24.3 Å². The van der Waals surface area contributed by atoms with E-state index >= 15 is 0 Å². The molecule has 0 aliphatic rings. The average molecular weight is 485 g/mol. The van der Waals surface area contributed by atoms with Crippen molar-refractivity contribution < 1.29 is 31.1 Å². The molecule has 0 atom stereocenters. The molecule has 2 aromatic carbocycles. The lowest BCUT2D eigenvalue weighted by Gasteiger charge is -2.13. The van der Waals surface area contributed by atoms with Crippen LogP contribution in [0.1, 0.15) is 17.8 Å². The molecule has 1 aromatic heterocycles. The largest absolute Gasteiger partial charge is 0.497 e. The Labute approximate surface area is 189 Å². The van der Waals surface area contributed by atoms with E-state index in [4.69, 9.17) is 4.74 Å². The summed E-state index contributed by atoms with van der Waals surface area (Å²) in [5, 5.41) is 2.67. The molecule has 0 spiro atoms. The number of methoxy groups -OCH3 is 1. The number of rotatable bonds is 8. The van der Waals surface area contributed by atoms with Crippen LogP contribution in [0.25, 0.3) is 11.0 Å². The number of alkyl halides is 3. The molecule has 0 saturated heterocycles. The first-order chi connectivity index (χ1) is 15.4. The van der Waals surface area contributed by atoms with Gasteiger partial charge in [-0.3, -0.25) is 4.79 Å². The van der Waals surface area contributed by atoms with E-state index in [2.05, 4.69) is 10.3 Å². The van der Waals surface area contributed by atoms with E-state index < -0.39 is 27.9 Å². The second kappa shape index (κ2) is 9.40. The molecule has 8 nitrogen and oxygen atoms in total. The molecule has 33 heavy (non-hydrogen) atoms. The molecule has 1 amide bonds. The maximum atomic E-state index is 13.6. The molecule has 0 aliphatic carbocycles. The number of benzene rings is 2. The van der Waals surface area contributed by atoms with Crippen LogP contribution in [-0.4, -0.2) is 49.4 Å². The Balaban J connectivity index is 1.80. The van der Waals surface area contributed by atoms with Crippen molar-refractivity contribution in [2.24, 2.45) is 0 Å². The highest BCUT2D eigenvalue weighted by Gasteiger charge is 2.38. The van der Waals surface area contributed by atoms with Crippen molar-refractivity contribution in [2.75, 3.05) is 21.2 Å². The average Bonchev–Trinajstić information content (AvgIpc) is 3.15. The van der Waals surface area contributed by atoms with Gasteiger partial charge in [0.25, 0.3) is 0 Å². The van der Waals surface area contributed by atoms with Crippen molar-refractivity contribution in [1.29, 1.82) is 0 Å². The van der Waals surface area contributed by atoms with Crippen LogP contribution in [0.4, 0.5) is 13.2 Å². The predicted octanol–water partition coefficient (Wildman–Crippen LogP) is 3.02. The first-order valence-electron chi connectivity index (χ1n) is 9.83. The first-order valence-corrected chi connectivity index (χ1v) is 11.3. The van der Waals surface area contributed by atoms with E-state index in [1.165, 1.54) is 33.3 Å². The number of nitrogens with zero attached hydrogens (tertiary/aromatic N) is 3. The lowest BCUT2D eigenvalue weighted by molar-refractivity contribution is -0.147. The van der Waals surface area contributed by atoms with Gasteiger partial charge in [-0.2, -0.15) is 13.2 Å². The number of aromatic nitrogens is 2. The minimum absolute atomic E-state index is 0.0861. The van der Waals surface area contributed by atoms with Gasteiger partial charge in [0.2, 0.25) is 21.8 Å². The summed E-state index contributed by atoms with van der Waals surface area (Å²) in [5.41, 5.74) is 0.773. The number of hydrogen-bond acceptors (Lipinski definition) is 5. The fourth-order valence-corrected chi connectivity index (χ4v) is 4.09. The molecule has 0 unspecified atom stereocenters. The van der Waals surface area contributed by atoms with Crippen LogP contribution >= 0.6 is 0 Å².